The Kier molecular flexibility index (Phi) is 5.38. The Morgan fingerprint density at radius 3 is 2.39 bits per heavy atom. The minimum absolute atomic E-state index is 0.109. The molecular weight excluding hydrogens is 291 g/mol. The molecule has 0 fully saturated rings. The molecule has 0 aliphatic rings. The van der Waals surface area contributed by atoms with Crippen molar-refractivity contribution < 1.29 is 4.79 Å². The number of hydrogen-bond acceptors (Lipinski definition) is 2. The summed E-state index contributed by atoms with van der Waals surface area (Å²) in [6.45, 7) is 1.86. The highest BCUT2D eigenvalue weighted by Gasteiger charge is 2.22. The van der Waals surface area contributed by atoms with Gasteiger partial charge < -0.3 is 10.6 Å². The van der Waals surface area contributed by atoms with Crippen LogP contribution in [-0.2, 0) is 0 Å². The van der Waals surface area contributed by atoms with Crippen molar-refractivity contribution in [2.24, 2.45) is 5.73 Å². The second kappa shape index (κ2) is 6.36. The van der Waals surface area contributed by atoms with Crippen LogP contribution in [0.25, 0.3) is 0 Å². The highest BCUT2D eigenvalue weighted by Crippen LogP contribution is 2.26. The van der Waals surface area contributed by atoms with E-state index >= 15 is 0 Å². The maximum absolute atomic E-state index is 12.3. The van der Waals surface area contributed by atoms with E-state index in [2.05, 4.69) is 0 Å². The molecule has 2 N–H and O–H groups in total. The smallest absolute Gasteiger partial charge is 0.256 e. The summed E-state index contributed by atoms with van der Waals surface area (Å²) in [6.07, 6.45) is 0.458. The Bertz CT molecular complexity index is 459. The van der Waals surface area contributed by atoms with E-state index in [1.165, 1.54) is 4.90 Å². The van der Waals surface area contributed by atoms with Gasteiger partial charge in [-0.15, -0.1) is 0 Å². The van der Waals surface area contributed by atoms with Crippen molar-refractivity contribution in [3.8, 4) is 0 Å². The van der Waals surface area contributed by atoms with Gasteiger partial charge in [0, 0.05) is 19.5 Å². The van der Waals surface area contributed by atoms with E-state index in [9.17, 15) is 4.79 Å². The first kappa shape index (κ1) is 15.2. The second-order valence-corrected chi connectivity index (χ2v) is 5.37. The fraction of sp³-hybridized carbons (Fsp3) is 0.333. The minimum atomic E-state index is -0.241. The SMILES string of the molecule is CC(CC(N)=S)N(C)C(=O)c1c(Cl)cccc1Cl. The van der Waals surface area contributed by atoms with Crippen LogP contribution in [0.1, 0.15) is 23.7 Å². The fourth-order valence-electron chi connectivity index (χ4n) is 1.51. The van der Waals surface area contributed by atoms with E-state index in [1.807, 2.05) is 6.92 Å². The molecule has 1 rings (SSSR count). The first-order chi connectivity index (χ1) is 8.34. The monoisotopic (exact) mass is 304 g/mol. The van der Waals surface area contributed by atoms with Crippen LogP contribution in [0.4, 0.5) is 0 Å². The van der Waals surface area contributed by atoms with Crippen LogP contribution in [0.15, 0.2) is 18.2 Å². The Balaban J connectivity index is 2.96. The van der Waals surface area contributed by atoms with Gasteiger partial charge in [0.15, 0.2) is 0 Å². The maximum atomic E-state index is 12.3. The molecule has 18 heavy (non-hydrogen) atoms. The van der Waals surface area contributed by atoms with Crippen molar-refractivity contribution in [3.63, 3.8) is 0 Å². The zero-order valence-electron chi connectivity index (χ0n) is 10.1. The number of amides is 1. The summed E-state index contributed by atoms with van der Waals surface area (Å²) in [6, 6.07) is 4.85. The van der Waals surface area contributed by atoms with Crippen LogP contribution in [-0.4, -0.2) is 28.9 Å². The van der Waals surface area contributed by atoms with Crippen molar-refractivity contribution >= 4 is 46.3 Å². The van der Waals surface area contributed by atoms with E-state index in [-0.39, 0.29) is 11.9 Å². The van der Waals surface area contributed by atoms with E-state index < -0.39 is 0 Å². The van der Waals surface area contributed by atoms with Gasteiger partial charge in [-0.2, -0.15) is 0 Å². The molecule has 1 aromatic carbocycles. The van der Waals surface area contributed by atoms with Crippen molar-refractivity contribution in [2.75, 3.05) is 7.05 Å². The van der Waals surface area contributed by atoms with E-state index in [0.717, 1.165) is 0 Å². The van der Waals surface area contributed by atoms with Gasteiger partial charge in [0.05, 0.1) is 20.6 Å². The third-order valence-electron chi connectivity index (χ3n) is 2.65. The van der Waals surface area contributed by atoms with Gasteiger partial charge >= 0.3 is 0 Å². The zero-order valence-corrected chi connectivity index (χ0v) is 12.4. The summed E-state index contributed by atoms with van der Waals surface area (Å²) in [4.78, 5) is 14.2. The Labute approximate surface area is 122 Å². The number of nitrogens with two attached hydrogens (primary N) is 1. The molecule has 3 nitrogen and oxygen atoms in total. The summed E-state index contributed by atoms with van der Waals surface area (Å²) in [7, 11) is 1.67. The summed E-state index contributed by atoms with van der Waals surface area (Å²) < 4.78 is 0. The average Bonchev–Trinajstić information content (AvgIpc) is 2.26. The third-order valence-corrected chi connectivity index (χ3v) is 3.45. The molecule has 0 bridgehead atoms. The van der Waals surface area contributed by atoms with Gasteiger partial charge in [-0.25, -0.2) is 0 Å². The van der Waals surface area contributed by atoms with Gasteiger partial charge in [-0.3, -0.25) is 4.79 Å². The number of benzene rings is 1. The molecule has 1 atom stereocenters. The van der Waals surface area contributed by atoms with Crippen molar-refractivity contribution in [1.82, 2.24) is 4.90 Å². The van der Waals surface area contributed by atoms with Gasteiger partial charge in [0.2, 0.25) is 0 Å². The lowest BCUT2D eigenvalue weighted by Crippen LogP contribution is -2.37. The number of thiocarbonyl (C=S) groups is 1. The predicted octanol–water partition coefficient (Wildman–Crippen LogP) is 3.13. The van der Waals surface area contributed by atoms with Crippen LogP contribution in [0, 0.1) is 0 Å². The second-order valence-electron chi connectivity index (χ2n) is 4.03. The highest BCUT2D eigenvalue weighted by atomic mass is 35.5. The normalized spacial score (nSPS) is 12.0. The molecule has 0 saturated heterocycles. The maximum Gasteiger partial charge on any atom is 0.256 e. The molecule has 0 aromatic heterocycles. The number of nitrogens with zero attached hydrogens (tertiary/aromatic N) is 1. The standard InChI is InChI=1S/C12H14Cl2N2OS/c1-7(6-10(15)18)16(2)12(17)11-8(13)4-3-5-9(11)14/h3-5,7H,6H2,1-2H3,(H2,15,18). The topological polar surface area (TPSA) is 46.3 Å². The van der Waals surface area contributed by atoms with Gasteiger partial charge in [0.1, 0.15) is 0 Å². The lowest BCUT2D eigenvalue weighted by atomic mass is 10.1. The lowest BCUT2D eigenvalue weighted by molar-refractivity contribution is 0.0748. The molecule has 1 amide bonds. The number of halogens is 2. The minimum Gasteiger partial charge on any atom is -0.393 e. The van der Waals surface area contributed by atoms with E-state index in [4.69, 9.17) is 41.2 Å². The van der Waals surface area contributed by atoms with Crippen LogP contribution in [0.2, 0.25) is 10.0 Å². The van der Waals surface area contributed by atoms with E-state index in [1.54, 1.807) is 25.2 Å². The summed E-state index contributed by atoms with van der Waals surface area (Å²) >= 11 is 16.8. The quantitative estimate of drug-likeness (QED) is 0.869. The molecule has 0 aliphatic carbocycles. The number of carbonyl (C=O) groups is 1. The molecular formula is C12H14Cl2N2OS. The first-order valence-electron chi connectivity index (χ1n) is 5.34. The molecule has 0 heterocycles. The zero-order chi connectivity index (χ0) is 13.9. The molecule has 0 spiro atoms. The Morgan fingerprint density at radius 2 is 1.94 bits per heavy atom. The van der Waals surface area contributed by atoms with E-state index in [0.29, 0.717) is 27.0 Å². The molecule has 98 valence electrons. The van der Waals surface area contributed by atoms with Crippen LogP contribution >= 0.6 is 35.4 Å². The molecule has 0 radical (unpaired) electrons. The summed E-state index contributed by atoms with van der Waals surface area (Å²) in [5, 5.41) is 0.670. The largest absolute Gasteiger partial charge is 0.393 e. The van der Waals surface area contributed by atoms with Crippen molar-refractivity contribution in [3.05, 3.63) is 33.8 Å². The molecule has 1 aromatic rings. The van der Waals surface area contributed by atoms with Crippen LogP contribution in [0.3, 0.4) is 0 Å². The van der Waals surface area contributed by atoms with Crippen LogP contribution in [0.5, 0.6) is 0 Å². The summed E-state index contributed by atoms with van der Waals surface area (Å²) in [5.41, 5.74) is 5.77. The average molecular weight is 305 g/mol. The van der Waals surface area contributed by atoms with Crippen LogP contribution < -0.4 is 5.73 Å². The van der Waals surface area contributed by atoms with Gasteiger partial charge in [-0.1, -0.05) is 41.5 Å². The number of hydrogen-bond donors (Lipinski definition) is 1. The summed E-state index contributed by atoms with van der Waals surface area (Å²) in [5.74, 6) is -0.241. The Hall–Kier alpha value is -0.840. The lowest BCUT2D eigenvalue weighted by Gasteiger charge is -2.25. The number of rotatable bonds is 4. The molecule has 0 aliphatic heterocycles. The number of carbonyl (C=O) groups excluding carboxylic acids is 1. The fourth-order valence-corrected chi connectivity index (χ4v) is 2.31. The van der Waals surface area contributed by atoms with Crippen molar-refractivity contribution in [2.45, 2.75) is 19.4 Å². The van der Waals surface area contributed by atoms with Gasteiger partial charge in [-0.05, 0) is 19.1 Å². The molecule has 0 saturated carbocycles. The van der Waals surface area contributed by atoms with Gasteiger partial charge in [0.25, 0.3) is 5.91 Å². The molecule has 6 heteroatoms. The first-order valence-corrected chi connectivity index (χ1v) is 6.50. The highest BCUT2D eigenvalue weighted by molar-refractivity contribution is 7.80. The third kappa shape index (κ3) is 3.57. The Morgan fingerprint density at radius 1 is 1.44 bits per heavy atom. The molecule has 1 unspecified atom stereocenters. The predicted molar refractivity (Wildman–Crippen MR) is 79.4 cm³/mol. The van der Waals surface area contributed by atoms with Crippen molar-refractivity contribution in [1.29, 1.82) is 0 Å².